The molecule has 1 rings (SSSR count). The fraction of sp³-hybridized carbons (Fsp3) is 0.778. The van der Waals surface area contributed by atoms with E-state index in [1.54, 1.807) is 0 Å². The summed E-state index contributed by atoms with van der Waals surface area (Å²) >= 11 is 0. The van der Waals surface area contributed by atoms with Gasteiger partial charge in [0, 0.05) is 12.2 Å². The topological polar surface area (TPSA) is 12.5 Å². The van der Waals surface area contributed by atoms with Crippen molar-refractivity contribution in [3.05, 3.63) is 12.0 Å². The molecule has 0 radical (unpaired) electrons. The molecular formula is C9H17NO. The summed E-state index contributed by atoms with van der Waals surface area (Å²) in [5.41, 5.74) is 0. The second kappa shape index (κ2) is 3.16. The van der Waals surface area contributed by atoms with E-state index < -0.39 is 0 Å². The molecule has 0 spiro atoms. The quantitative estimate of drug-likeness (QED) is 0.574. The summed E-state index contributed by atoms with van der Waals surface area (Å²) in [4.78, 5) is 2.31. The smallest absolute Gasteiger partial charge is 0.113 e. The number of rotatable bonds is 1. The van der Waals surface area contributed by atoms with Crippen LogP contribution in [0.4, 0.5) is 0 Å². The lowest BCUT2D eigenvalue weighted by Crippen LogP contribution is -2.36. The highest BCUT2D eigenvalue weighted by molar-refractivity contribution is 4.95. The Morgan fingerprint density at radius 2 is 2.27 bits per heavy atom. The molecule has 64 valence electrons. The first-order valence-corrected chi connectivity index (χ1v) is 4.20. The van der Waals surface area contributed by atoms with Gasteiger partial charge in [-0.15, -0.1) is 0 Å². The van der Waals surface area contributed by atoms with Crippen molar-refractivity contribution < 1.29 is 4.74 Å². The van der Waals surface area contributed by atoms with Gasteiger partial charge in [-0.25, -0.2) is 0 Å². The largest absolute Gasteiger partial charge is 0.492 e. The Morgan fingerprint density at radius 1 is 1.64 bits per heavy atom. The molecule has 1 aliphatic rings. The van der Waals surface area contributed by atoms with Gasteiger partial charge in [-0.05, 0) is 27.7 Å². The molecule has 0 amide bonds. The average molecular weight is 155 g/mol. The van der Waals surface area contributed by atoms with Crippen molar-refractivity contribution >= 4 is 0 Å². The Balaban J connectivity index is 2.61. The second-order valence-electron chi connectivity index (χ2n) is 3.46. The van der Waals surface area contributed by atoms with Crippen LogP contribution in [0.15, 0.2) is 12.0 Å². The number of allylic oxidation sites excluding steroid dienone is 1. The zero-order valence-electron chi connectivity index (χ0n) is 7.79. The van der Waals surface area contributed by atoms with Crippen LogP contribution >= 0.6 is 0 Å². The number of hydrogen-bond donors (Lipinski definition) is 0. The summed E-state index contributed by atoms with van der Waals surface area (Å²) in [6.07, 6.45) is 2.42. The minimum atomic E-state index is 0.336. The van der Waals surface area contributed by atoms with Crippen molar-refractivity contribution in [1.29, 1.82) is 0 Å². The average Bonchev–Trinajstić information content (AvgIpc) is 1.85. The molecule has 11 heavy (non-hydrogen) atoms. The van der Waals surface area contributed by atoms with Gasteiger partial charge in [0.15, 0.2) is 0 Å². The Bertz CT molecular complexity index is 163. The van der Waals surface area contributed by atoms with Crippen LogP contribution in [0, 0.1) is 0 Å². The third-order valence-corrected chi connectivity index (χ3v) is 1.87. The molecule has 0 aromatic heterocycles. The minimum absolute atomic E-state index is 0.336. The fourth-order valence-electron chi connectivity index (χ4n) is 1.33. The van der Waals surface area contributed by atoms with Gasteiger partial charge in [-0.3, -0.25) is 0 Å². The highest BCUT2D eigenvalue weighted by Gasteiger charge is 2.16. The zero-order chi connectivity index (χ0) is 8.43. The number of hydrogen-bond acceptors (Lipinski definition) is 2. The van der Waals surface area contributed by atoms with Crippen molar-refractivity contribution in [3.63, 3.8) is 0 Å². The molecule has 1 atom stereocenters. The third-order valence-electron chi connectivity index (χ3n) is 1.87. The van der Waals surface area contributed by atoms with Gasteiger partial charge in [-0.1, -0.05) is 0 Å². The number of ether oxygens (including phenoxy) is 1. The Morgan fingerprint density at radius 3 is 2.73 bits per heavy atom. The summed E-state index contributed by atoms with van der Waals surface area (Å²) in [6.45, 7) is 9.51. The highest BCUT2D eigenvalue weighted by atomic mass is 16.5. The van der Waals surface area contributed by atoms with Gasteiger partial charge in [0.05, 0.1) is 6.54 Å². The first-order valence-electron chi connectivity index (χ1n) is 4.20. The van der Waals surface area contributed by atoms with Crippen LogP contribution in [0.25, 0.3) is 0 Å². The molecule has 0 aromatic carbocycles. The van der Waals surface area contributed by atoms with Crippen LogP contribution in [0.2, 0.25) is 0 Å². The Labute approximate surface area is 68.8 Å². The first-order chi connectivity index (χ1) is 5.09. The molecule has 2 nitrogen and oxygen atoms in total. The van der Waals surface area contributed by atoms with Gasteiger partial charge >= 0.3 is 0 Å². The molecule has 0 aliphatic carbocycles. The summed E-state index contributed by atoms with van der Waals surface area (Å²) in [6, 6.07) is 0.580. The molecule has 1 heterocycles. The minimum Gasteiger partial charge on any atom is -0.492 e. The second-order valence-corrected chi connectivity index (χ2v) is 3.46. The van der Waals surface area contributed by atoms with E-state index in [1.807, 2.05) is 6.92 Å². The van der Waals surface area contributed by atoms with E-state index in [2.05, 4.69) is 31.9 Å². The van der Waals surface area contributed by atoms with Gasteiger partial charge in [0.25, 0.3) is 0 Å². The summed E-state index contributed by atoms with van der Waals surface area (Å²) in [7, 11) is 0. The van der Waals surface area contributed by atoms with E-state index in [9.17, 15) is 0 Å². The fourth-order valence-corrected chi connectivity index (χ4v) is 1.33. The SMILES string of the molecule is CC1=CN(C(C)C)CC(C)O1. The van der Waals surface area contributed by atoms with E-state index in [-0.39, 0.29) is 0 Å². The molecule has 0 bridgehead atoms. The van der Waals surface area contributed by atoms with E-state index in [4.69, 9.17) is 4.74 Å². The van der Waals surface area contributed by atoms with Crippen molar-refractivity contribution in [2.45, 2.75) is 39.8 Å². The predicted octanol–water partition coefficient (Wildman–Crippen LogP) is 1.98. The highest BCUT2D eigenvalue weighted by Crippen LogP contribution is 2.14. The van der Waals surface area contributed by atoms with Crippen LogP contribution in [-0.2, 0) is 4.74 Å². The molecular weight excluding hydrogens is 138 g/mol. The van der Waals surface area contributed by atoms with E-state index in [0.717, 1.165) is 12.3 Å². The molecule has 1 aliphatic heterocycles. The predicted molar refractivity (Wildman–Crippen MR) is 46.1 cm³/mol. The molecule has 2 heteroatoms. The van der Waals surface area contributed by atoms with Crippen molar-refractivity contribution in [2.24, 2.45) is 0 Å². The van der Waals surface area contributed by atoms with Crippen LogP contribution in [-0.4, -0.2) is 23.6 Å². The van der Waals surface area contributed by atoms with Crippen LogP contribution < -0.4 is 0 Å². The molecule has 0 N–H and O–H groups in total. The Kier molecular flexibility index (Phi) is 2.42. The molecule has 0 saturated carbocycles. The van der Waals surface area contributed by atoms with Crippen LogP contribution in [0.5, 0.6) is 0 Å². The lowest BCUT2D eigenvalue weighted by atomic mass is 10.2. The lowest BCUT2D eigenvalue weighted by Gasteiger charge is -2.33. The van der Waals surface area contributed by atoms with Gasteiger partial charge in [0.1, 0.15) is 11.9 Å². The Hall–Kier alpha value is -0.660. The van der Waals surface area contributed by atoms with Crippen LogP contribution in [0.3, 0.4) is 0 Å². The van der Waals surface area contributed by atoms with E-state index >= 15 is 0 Å². The molecule has 0 fully saturated rings. The van der Waals surface area contributed by atoms with Gasteiger partial charge < -0.3 is 9.64 Å². The zero-order valence-corrected chi connectivity index (χ0v) is 7.79. The first kappa shape index (κ1) is 8.44. The van der Waals surface area contributed by atoms with Crippen LogP contribution in [0.1, 0.15) is 27.7 Å². The van der Waals surface area contributed by atoms with Gasteiger partial charge in [-0.2, -0.15) is 0 Å². The molecule has 1 unspecified atom stereocenters. The molecule has 0 aromatic rings. The maximum atomic E-state index is 5.49. The summed E-state index contributed by atoms with van der Waals surface area (Å²) in [5, 5.41) is 0. The van der Waals surface area contributed by atoms with Gasteiger partial charge in [0.2, 0.25) is 0 Å². The van der Waals surface area contributed by atoms with E-state index in [1.165, 1.54) is 0 Å². The third kappa shape index (κ3) is 2.14. The monoisotopic (exact) mass is 155 g/mol. The maximum Gasteiger partial charge on any atom is 0.113 e. The standard InChI is InChI=1S/C9H17NO/c1-7(2)10-5-8(3)11-9(4)6-10/h5,7,9H,6H2,1-4H3. The number of nitrogens with zero attached hydrogens (tertiary/aromatic N) is 1. The molecule has 0 saturated heterocycles. The van der Waals surface area contributed by atoms with Crippen molar-refractivity contribution in [1.82, 2.24) is 4.90 Å². The summed E-state index contributed by atoms with van der Waals surface area (Å²) < 4.78 is 5.49. The van der Waals surface area contributed by atoms with E-state index in [0.29, 0.717) is 12.1 Å². The normalized spacial score (nSPS) is 25.0. The maximum absolute atomic E-state index is 5.49. The lowest BCUT2D eigenvalue weighted by molar-refractivity contribution is 0.0635. The summed E-state index contributed by atoms with van der Waals surface area (Å²) in [5.74, 6) is 1.03. The van der Waals surface area contributed by atoms with Crippen molar-refractivity contribution in [2.75, 3.05) is 6.54 Å². The van der Waals surface area contributed by atoms with Crippen molar-refractivity contribution in [3.8, 4) is 0 Å².